The second-order valence-electron chi connectivity index (χ2n) is 4.12. The van der Waals surface area contributed by atoms with Crippen molar-refractivity contribution in [1.29, 1.82) is 0 Å². The van der Waals surface area contributed by atoms with Crippen molar-refractivity contribution in [3.05, 3.63) is 34.9 Å². The van der Waals surface area contributed by atoms with Gasteiger partial charge in [-0.15, -0.1) is 0 Å². The Kier molecular flexibility index (Phi) is 2.64. The van der Waals surface area contributed by atoms with E-state index in [1.54, 1.807) is 18.2 Å². The molecule has 16 heavy (non-hydrogen) atoms. The minimum Gasteiger partial charge on any atom is -0.478 e. The molecule has 0 heterocycles. The number of amides is 1. The summed E-state index contributed by atoms with van der Waals surface area (Å²) in [5.41, 5.74) is 7.59. The first-order valence-electron chi connectivity index (χ1n) is 5.22. The number of aryl methyl sites for hydroxylation is 1. The number of nitrogens with two attached hydrogens (primary N) is 1. The van der Waals surface area contributed by atoms with Crippen LogP contribution in [0.3, 0.4) is 0 Å². The van der Waals surface area contributed by atoms with Gasteiger partial charge in [0.2, 0.25) is 5.91 Å². The lowest BCUT2D eigenvalue weighted by molar-refractivity contribution is -0.118. The molecule has 1 amide bonds. The molecule has 0 saturated carbocycles. The summed E-state index contributed by atoms with van der Waals surface area (Å²) in [5, 5.41) is 8.85. The van der Waals surface area contributed by atoms with E-state index in [1.807, 2.05) is 0 Å². The number of fused-ring (bicyclic) bond motifs is 1. The van der Waals surface area contributed by atoms with Gasteiger partial charge in [0.1, 0.15) is 0 Å². The standard InChI is InChI=1S/C12H13NO3/c13-11(14)6-8-2-1-7-5-9(12(15)16)3-4-10(7)8/h3-5,8H,1-2,6H2,(H2,13,14)(H,15,16). The largest absolute Gasteiger partial charge is 0.478 e. The molecular formula is C12H13NO3. The Hall–Kier alpha value is -1.84. The summed E-state index contributed by atoms with van der Waals surface area (Å²) in [6.07, 6.45) is 2.05. The number of hydrogen-bond donors (Lipinski definition) is 2. The summed E-state index contributed by atoms with van der Waals surface area (Å²) in [6, 6.07) is 5.08. The molecule has 1 atom stereocenters. The van der Waals surface area contributed by atoms with E-state index in [0.29, 0.717) is 12.0 Å². The third-order valence-corrected chi connectivity index (χ3v) is 3.04. The SMILES string of the molecule is NC(=O)CC1CCc2cc(C(=O)O)ccc21. The highest BCUT2D eigenvalue weighted by atomic mass is 16.4. The van der Waals surface area contributed by atoms with Gasteiger partial charge in [0, 0.05) is 6.42 Å². The van der Waals surface area contributed by atoms with E-state index in [4.69, 9.17) is 10.8 Å². The molecule has 0 aliphatic heterocycles. The van der Waals surface area contributed by atoms with Crippen molar-refractivity contribution >= 4 is 11.9 Å². The van der Waals surface area contributed by atoms with Crippen molar-refractivity contribution < 1.29 is 14.7 Å². The van der Waals surface area contributed by atoms with E-state index in [9.17, 15) is 9.59 Å². The molecule has 0 fully saturated rings. The Morgan fingerprint density at radius 1 is 1.44 bits per heavy atom. The lowest BCUT2D eigenvalue weighted by Crippen LogP contribution is -2.14. The van der Waals surface area contributed by atoms with Crippen molar-refractivity contribution in [1.82, 2.24) is 0 Å². The molecule has 0 bridgehead atoms. The van der Waals surface area contributed by atoms with Crippen molar-refractivity contribution in [2.75, 3.05) is 0 Å². The predicted octanol–water partition coefficient (Wildman–Crippen LogP) is 1.29. The number of carboxylic acid groups (broad SMARTS) is 1. The number of hydrogen-bond acceptors (Lipinski definition) is 2. The van der Waals surface area contributed by atoms with Crippen LogP contribution in [-0.4, -0.2) is 17.0 Å². The number of carbonyl (C=O) groups excluding carboxylic acids is 1. The van der Waals surface area contributed by atoms with Gasteiger partial charge in [-0.2, -0.15) is 0 Å². The normalized spacial score (nSPS) is 18.1. The van der Waals surface area contributed by atoms with Gasteiger partial charge in [-0.3, -0.25) is 4.79 Å². The average molecular weight is 219 g/mol. The zero-order chi connectivity index (χ0) is 11.7. The molecule has 3 N–H and O–H groups in total. The maximum absolute atomic E-state index is 10.9. The van der Waals surface area contributed by atoms with Crippen molar-refractivity contribution in [3.63, 3.8) is 0 Å². The monoisotopic (exact) mass is 219 g/mol. The van der Waals surface area contributed by atoms with Gasteiger partial charge in [0.05, 0.1) is 5.56 Å². The highest BCUT2D eigenvalue weighted by molar-refractivity contribution is 5.88. The van der Waals surface area contributed by atoms with E-state index in [0.717, 1.165) is 24.0 Å². The van der Waals surface area contributed by atoms with Crippen LogP contribution >= 0.6 is 0 Å². The maximum Gasteiger partial charge on any atom is 0.335 e. The maximum atomic E-state index is 10.9. The quantitative estimate of drug-likeness (QED) is 0.803. The molecule has 0 saturated heterocycles. The Morgan fingerprint density at radius 2 is 2.19 bits per heavy atom. The molecule has 0 spiro atoms. The van der Waals surface area contributed by atoms with Crippen LogP contribution in [-0.2, 0) is 11.2 Å². The third-order valence-electron chi connectivity index (χ3n) is 3.04. The topological polar surface area (TPSA) is 80.4 Å². The van der Waals surface area contributed by atoms with Gasteiger partial charge >= 0.3 is 5.97 Å². The number of aromatic carboxylic acids is 1. The summed E-state index contributed by atoms with van der Waals surface area (Å²) >= 11 is 0. The molecule has 1 aromatic rings. The summed E-state index contributed by atoms with van der Waals surface area (Å²) in [4.78, 5) is 21.7. The van der Waals surface area contributed by atoms with Crippen molar-refractivity contribution in [2.45, 2.75) is 25.2 Å². The van der Waals surface area contributed by atoms with Gasteiger partial charge in [0.15, 0.2) is 0 Å². The van der Waals surface area contributed by atoms with Gasteiger partial charge < -0.3 is 10.8 Å². The summed E-state index contributed by atoms with van der Waals surface area (Å²) < 4.78 is 0. The van der Waals surface area contributed by atoms with E-state index in [1.165, 1.54) is 0 Å². The molecule has 1 aliphatic carbocycles. The predicted molar refractivity (Wildman–Crippen MR) is 58.3 cm³/mol. The van der Waals surface area contributed by atoms with Crippen molar-refractivity contribution in [3.8, 4) is 0 Å². The van der Waals surface area contributed by atoms with Crippen LogP contribution in [0, 0.1) is 0 Å². The lowest BCUT2D eigenvalue weighted by Gasteiger charge is -2.08. The van der Waals surface area contributed by atoms with Crippen LogP contribution in [0.2, 0.25) is 0 Å². The zero-order valence-electron chi connectivity index (χ0n) is 8.77. The van der Waals surface area contributed by atoms with Gasteiger partial charge in [-0.05, 0) is 42.0 Å². The van der Waals surface area contributed by atoms with Crippen LogP contribution in [0.1, 0.15) is 40.2 Å². The first-order chi connectivity index (χ1) is 7.58. The fourth-order valence-electron chi connectivity index (χ4n) is 2.29. The fourth-order valence-corrected chi connectivity index (χ4v) is 2.29. The second-order valence-corrected chi connectivity index (χ2v) is 4.12. The van der Waals surface area contributed by atoms with E-state index < -0.39 is 5.97 Å². The number of rotatable bonds is 3. The van der Waals surface area contributed by atoms with Gasteiger partial charge in [-0.1, -0.05) is 6.07 Å². The number of benzene rings is 1. The smallest absolute Gasteiger partial charge is 0.335 e. The van der Waals surface area contributed by atoms with E-state index >= 15 is 0 Å². The highest BCUT2D eigenvalue weighted by Gasteiger charge is 2.24. The molecule has 4 heteroatoms. The van der Waals surface area contributed by atoms with E-state index in [2.05, 4.69) is 0 Å². The van der Waals surface area contributed by atoms with Crippen LogP contribution in [0.25, 0.3) is 0 Å². The highest BCUT2D eigenvalue weighted by Crippen LogP contribution is 2.35. The first-order valence-corrected chi connectivity index (χ1v) is 5.22. The molecule has 84 valence electrons. The summed E-state index contributed by atoms with van der Waals surface area (Å²) in [7, 11) is 0. The number of primary amides is 1. The molecule has 4 nitrogen and oxygen atoms in total. The van der Waals surface area contributed by atoms with Crippen LogP contribution in [0.4, 0.5) is 0 Å². The summed E-state index contributed by atoms with van der Waals surface area (Å²) in [6.45, 7) is 0. The Morgan fingerprint density at radius 3 is 2.81 bits per heavy atom. The van der Waals surface area contributed by atoms with E-state index in [-0.39, 0.29) is 11.8 Å². The minimum absolute atomic E-state index is 0.162. The van der Waals surface area contributed by atoms with Gasteiger partial charge in [0.25, 0.3) is 0 Å². The molecule has 2 rings (SSSR count). The second kappa shape index (κ2) is 3.96. The average Bonchev–Trinajstić information content (AvgIpc) is 2.60. The molecule has 1 unspecified atom stereocenters. The molecule has 1 aliphatic rings. The van der Waals surface area contributed by atoms with Crippen LogP contribution in [0.5, 0.6) is 0 Å². The van der Waals surface area contributed by atoms with Crippen LogP contribution < -0.4 is 5.73 Å². The molecule has 1 aromatic carbocycles. The van der Waals surface area contributed by atoms with Crippen LogP contribution in [0.15, 0.2) is 18.2 Å². The zero-order valence-corrected chi connectivity index (χ0v) is 8.77. The third kappa shape index (κ3) is 1.91. The Labute approximate surface area is 93.1 Å². The number of carboxylic acids is 1. The number of carbonyl (C=O) groups is 2. The Balaban J connectivity index is 2.28. The molecular weight excluding hydrogens is 206 g/mol. The molecule has 0 aromatic heterocycles. The lowest BCUT2D eigenvalue weighted by atomic mass is 9.96. The summed E-state index contributed by atoms with van der Waals surface area (Å²) in [5.74, 6) is -1.06. The Bertz CT molecular complexity index is 454. The van der Waals surface area contributed by atoms with Gasteiger partial charge in [-0.25, -0.2) is 4.79 Å². The fraction of sp³-hybridized carbons (Fsp3) is 0.333. The first kappa shape index (κ1) is 10.7. The van der Waals surface area contributed by atoms with Crippen molar-refractivity contribution in [2.24, 2.45) is 5.73 Å². The minimum atomic E-state index is -0.916. The molecule has 0 radical (unpaired) electrons.